The molecule has 0 spiro atoms. The third kappa shape index (κ3) is 83.4. The van der Waals surface area contributed by atoms with Crippen molar-refractivity contribution < 1.29 is 24.5 Å². The molecule has 6 nitrogen and oxygen atoms in total. The van der Waals surface area contributed by atoms with Gasteiger partial charge < -0.3 is 20.3 Å². The summed E-state index contributed by atoms with van der Waals surface area (Å²) < 4.78 is 5.52. The van der Waals surface area contributed by atoms with Crippen LogP contribution in [0.2, 0.25) is 0 Å². The normalized spacial score (nSPS) is 12.4. The summed E-state index contributed by atoms with van der Waals surface area (Å²) in [7, 11) is 0. The van der Waals surface area contributed by atoms with E-state index in [1.165, 1.54) is 462 Å². The first-order valence-corrected chi connectivity index (χ1v) is 45.4. The lowest BCUT2D eigenvalue weighted by Crippen LogP contribution is -2.45. The number of carbonyl (C=O) groups excluding carboxylic acids is 2. The highest BCUT2D eigenvalue weighted by Crippen LogP contribution is 2.22. The molecule has 0 aliphatic carbocycles. The van der Waals surface area contributed by atoms with Gasteiger partial charge >= 0.3 is 5.97 Å². The number of unbranched alkanes of at least 4 members (excludes halogenated alkanes) is 74. The second-order valence-electron chi connectivity index (χ2n) is 31.6. The number of amides is 1. The molecule has 0 saturated heterocycles. The topological polar surface area (TPSA) is 95.9 Å². The van der Waals surface area contributed by atoms with Gasteiger partial charge in [-0.3, -0.25) is 9.59 Å². The van der Waals surface area contributed by atoms with Crippen molar-refractivity contribution in [3.8, 4) is 0 Å². The van der Waals surface area contributed by atoms with Gasteiger partial charge in [0, 0.05) is 12.8 Å². The summed E-state index contributed by atoms with van der Waals surface area (Å²) in [5.74, 6) is 0.000590. The van der Waals surface area contributed by atoms with Gasteiger partial charge in [0.1, 0.15) is 0 Å². The second-order valence-corrected chi connectivity index (χ2v) is 31.6. The maximum absolute atomic E-state index is 12.6. The Morgan fingerprint density at radius 3 is 0.732 bits per heavy atom. The average molecular weight is 1370 g/mol. The monoisotopic (exact) mass is 1370 g/mol. The number of nitrogens with one attached hydrogen (secondary N) is 1. The fourth-order valence-corrected chi connectivity index (χ4v) is 14.9. The molecule has 0 aliphatic rings. The van der Waals surface area contributed by atoms with Gasteiger partial charge in [0.15, 0.2) is 0 Å². The number of aliphatic hydroxyl groups excluding tert-OH is 2. The summed E-state index contributed by atoms with van der Waals surface area (Å²) >= 11 is 0. The quantitative estimate of drug-likeness (QED) is 0.0320. The van der Waals surface area contributed by atoms with Crippen molar-refractivity contribution >= 4 is 11.9 Å². The molecule has 0 bridgehead atoms. The number of esters is 1. The summed E-state index contributed by atoms with van der Waals surface area (Å²) in [6.07, 6.45) is 112. The van der Waals surface area contributed by atoms with Crippen molar-refractivity contribution in [2.24, 2.45) is 0 Å². The molecule has 0 fully saturated rings. The van der Waals surface area contributed by atoms with E-state index < -0.39 is 12.1 Å². The molecule has 3 N–H and O–H groups in total. The number of hydrogen-bond acceptors (Lipinski definition) is 5. The van der Waals surface area contributed by atoms with Gasteiger partial charge in [-0.15, -0.1) is 0 Å². The number of hydrogen-bond donors (Lipinski definition) is 3. The molecule has 0 aromatic carbocycles. The molecule has 0 heterocycles. The molecule has 6 heteroatoms. The van der Waals surface area contributed by atoms with Crippen molar-refractivity contribution in [1.82, 2.24) is 5.32 Å². The Morgan fingerprint density at radius 2 is 0.485 bits per heavy atom. The van der Waals surface area contributed by atoms with Crippen LogP contribution in [0.1, 0.15) is 534 Å². The SMILES string of the molecule is CCCCCCCCC/C=C\CCCCCCCCCC(=O)OCCCCCCCCCCCCCCCCCCCCCCCCCCCCCCCCCCCCCCCCCC(=O)NC(CO)C(O)CCCCCCCCCCCCCCCCCCCCCCCCC. The first kappa shape index (κ1) is 95.6. The van der Waals surface area contributed by atoms with Crippen LogP contribution in [-0.2, 0) is 14.3 Å². The lowest BCUT2D eigenvalue weighted by atomic mass is 10.0. The first-order chi connectivity index (χ1) is 48.0. The molecule has 0 aliphatic heterocycles. The zero-order chi connectivity index (χ0) is 69.8. The maximum atomic E-state index is 12.6. The summed E-state index contributed by atoms with van der Waals surface area (Å²) in [4.78, 5) is 24.7. The fraction of sp³-hybridized carbons (Fsp3) is 0.956. The molecular weight excluding hydrogens is 1190 g/mol. The van der Waals surface area contributed by atoms with Crippen molar-refractivity contribution in [2.45, 2.75) is 546 Å². The van der Waals surface area contributed by atoms with E-state index in [9.17, 15) is 19.8 Å². The van der Waals surface area contributed by atoms with Crippen molar-refractivity contribution in [2.75, 3.05) is 13.2 Å². The molecule has 0 rings (SSSR count). The third-order valence-corrected chi connectivity index (χ3v) is 21.8. The molecule has 2 atom stereocenters. The smallest absolute Gasteiger partial charge is 0.305 e. The van der Waals surface area contributed by atoms with E-state index in [1.54, 1.807) is 0 Å². The summed E-state index contributed by atoms with van der Waals surface area (Å²) in [6, 6.07) is -0.538. The van der Waals surface area contributed by atoms with Gasteiger partial charge in [0.25, 0.3) is 0 Å². The van der Waals surface area contributed by atoms with E-state index in [0.717, 1.165) is 38.5 Å². The zero-order valence-electron chi connectivity index (χ0n) is 66.6. The van der Waals surface area contributed by atoms with Crippen molar-refractivity contribution in [3.63, 3.8) is 0 Å². The Morgan fingerprint density at radius 1 is 0.278 bits per heavy atom. The Bertz CT molecular complexity index is 1480. The van der Waals surface area contributed by atoms with Crippen LogP contribution in [0.3, 0.4) is 0 Å². The zero-order valence-corrected chi connectivity index (χ0v) is 66.6. The average Bonchev–Trinajstić information content (AvgIpc) is 2.52. The first-order valence-electron chi connectivity index (χ1n) is 45.4. The molecule has 0 radical (unpaired) electrons. The lowest BCUT2D eigenvalue weighted by Gasteiger charge is -2.22. The van der Waals surface area contributed by atoms with Crippen LogP contribution in [0.15, 0.2) is 12.2 Å². The van der Waals surface area contributed by atoms with Crippen molar-refractivity contribution in [3.05, 3.63) is 12.2 Å². The minimum atomic E-state index is -0.661. The summed E-state index contributed by atoms with van der Waals surface area (Å²) in [5, 5.41) is 23.5. The number of allylic oxidation sites excluding steroid dienone is 2. The molecule has 0 aromatic rings. The minimum Gasteiger partial charge on any atom is -0.466 e. The number of carbonyl (C=O) groups is 2. The van der Waals surface area contributed by atoms with E-state index >= 15 is 0 Å². The van der Waals surface area contributed by atoms with E-state index in [2.05, 4.69) is 31.3 Å². The van der Waals surface area contributed by atoms with Crippen LogP contribution in [0.5, 0.6) is 0 Å². The van der Waals surface area contributed by atoms with Crippen LogP contribution in [-0.4, -0.2) is 47.4 Å². The Labute approximate surface area is 609 Å². The largest absolute Gasteiger partial charge is 0.466 e. The lowest BCUT2D eigenvalue weighted by molar-refractivity contribution is -0.143. The van der Waals surface area contributed by atoms with Gasteiger partial charge in [0.05, 0.1) is 25.4 Å². The second kappa shape index (κ2) is 87.0. The predicted molar refractivity (Wildman–Crippen MR) is 430 cm³/mol. The minimum absolute atomic E-state index is 0.0221. The Kier molecular flexibility index (Phi) is 85.7. The molecule has 0 aromatic heterocycles. The van der Waals surface area contributed by atoms with E-state index in [-0.39, 0.29) is 18.5 Å². The molecule has 0 saturated carbocycles. The van der Waals surface area contributed by atoms with E-state index in [0.29, 0.717) is 25.9 Å². The van der Waals surface area contributed by atoms with E-state index in [4.69, 9.17) is 4.74 Å². The Balaban J connectivity index is 3.29. The van der Waals surface area contributed by atoms with Gasteiger partial charge in [0.2, 0.25) is 5.91 Å². The number of aliphatic hydroxyl groups is 2. The third-order valence-electron chi connectivity index (χ3n) is 21.8. The highest BCUT2D eigenvalue weighted by molar-refractivity contribution is 5.76. The predicted octanol–water partition coefficient (Wildman–Crippen LogP) is 30.6. The highest BCUT2D eigenvalue weighted by atomic mass is 16.5. The van der Waals surface area contributed by atoms with Crippen LogP contribution in [0, 0.1) is 0 Å². The van der Waals surface area contributed by atoms with Crippen LogP contribution in [0.25, 0.3) is 0 Å². The van der Waals surface area contributed by atoms with Gasteiger partial charge in [-0.25, -0.2) is 0 Å². The standard InChI is InChI=1S/C91H179NO5/c1-3-5-7-9-11-13-15-17-19-21-23-24-42-45-48-51-55-59-63-67-71-75-79-83-89(94)88(87-93)92-90(95)84-80-76-72-68-64-60-56-52-49-46-43-40-38-36-34-32-30-28-26-25-27-29-31-33-35-37-39-41-44-47-50-54-58-62-66-70-74-78-82-86-97-91(96)85-81-77-73-69-65-61-57-53-22-20-18-16-14-12-10-8-6-4-2/h20,22,88-89,93-94H,3-19,21,23-87H2,1-2H3,(H,92,95)/b22-20-. The van der Waals surface area contributed by atoms with Gasteiger partial charge in [-0.1, -0.05) is 482 Å². The van der Waals surface area contributed by atoms with Gasteiger partial charge in [-0.05, 0) is 51.4 Å². The fourth-order valence-electron chi connectivity index (χ4n) is 14.9. The van der Waals surface area contributed by atoms with Crippen molar-refractivity contribution in [1.29, 1.82) is 0 Å². The molecule has 97 heavy (non-hydrogen) atoms. The molecular formula is C91H179NO5. The molecule has 1 amide bonds. The molecule has 2 unspecified atom stereocenters. The van der Waals surface area contributed by atoms with Crippen LogP contribution >= 0.6 is 0 Å². The number of ether oxygens (including phenoxy) is 1. The van der Waals surface area contributed by atoms with E-state index in [1.807, 2.05) is 0 Å². The van der Waals surface area contributed by atoms with Crippen LogP contribution < -0.4 is 5.32 Å². The maximum Gasteiger partial charge on any atom is 0.305 e. The Hall–Kier alpha value is -1.40. The van der Waals surface area contributed by atoms with Gasteiger partial charge in [-0.2, -0.15) is 0 Å². The number of rotatable bonds is 87. The van der Waals surface area contributed by atoms with Crippen LogP contribution in [0.4, 0.5) is 0 Å². The summed E-state index contributed by atoms with van der Waals surface area (Å²) in [6.45, 7) is 5.02. The summed E-state index contributed by atoms with van der Waals surface area (Å²) in [5.41, 5.74) is 0. The molecule has 578 valence electrons. The highest BCUT2D eigenvalue weighted by Gasteiger charge is 2.20.